The zero-order valence-electron chi connectivity index (χ0n) is 38.7. The van der Waals surface area contributed by atoms with Crippen LogP contribution < -0.4 is 15.2 Å². The van der Waals surface area contributed by atoms with Gasteiger partial charge in [0.25, 0.3) is 5.69 Å². The van der Waals surface area contributed by atoms with Gasteiger partial charge in [-0.05, 0) is 70.8 Å². The van der Waals surface area contributed by atoms with Gasteiger partial charge < -0.3 is 33.8 Å². The fraction of sp³-hybridized carbons (Fsp3) is 0.211. The van der Waals surface area contributed by atoms with Crippen LogP contribution in [0.1, 0.15) is 59.4 Å². The van der Waals surface area contributed by atoms with E-state index in [1.165, 1.54) is 42.5 Å². The largest absolute Gasteiger partial charge is 0.496 e. The predicted octanol–water partition coefficient (Wildman–Crippen LogP) is 6.62. The summed E-state index contributed by atoms with van der Waals surface area (Å²) in [4.78, 5) is 34.8. The van der Waals surface area contributed by atoms with E-state index >= 15 is 0 Å². The summed E-state index contributed by atoms with van der Waals surface area (Å²) in [6.07, 6.45) is 4.10. The van der Waals surface area contributed by atoms with Gasteiger partial charge in [-0.3, -0.25) is 10.1 Å². The number of hydrogen-bond donors (Lipinski definition) is 1. The highest BCUT2D eigenvalue weighted by Gasteiger charge is 2.17. The van der Waals surface area contributed by atoms with Crippen molar-refractivity contribution in [2.24, 2.45) is 14.1 Å². The maximum Gasteiger partial charge on any atom is 0.337 e. The number of nitro benzene ring substituents is 1. The lowest BCUT2D eigenvalue weighted by molar-refractivity contribution is -0.384. The molecule has 0 atom stereocenters. The van der Waals surface area contributed by atoms with Gasteiger partial charge in [0.15, 0.2) is 0 Å². The number of ether oxygens (including phenoxy) is 4. The maximum absolute atomic E-state index is 12.1. The Morgan fingerprint density at radius 2 is 1.20 bits per heavy atom. The molecule has 0 aliphatic rings. The molecule has 0 spiro atoms. The van der Waals surface area contributed by atoms with Crippen molar-refractivity contribution in [1.29, 1.82) is 0 Å². The van der Waals surface area contributed by atoms with E-state index in [2.05, 4.69) is 9.47 Å². The molecule has 6 aromatic rings. The summed E-state index contributed by atoms with van der Waals surface area (Å²) in [6, 6.07) is 17.8. The third kappa shape index (κ3) is 7.24. The maximum atomic E-state index is 12.1. The van der Waals surface area contributed by atoms with E-state index in [1.807, 2.05) is 29.9 Å². The Bertz CT molecular complexity index is 2660. The number of esters is 2. The lowest BCUT2D eigenvalue weighted by Gasteiger charge is -2.10. The molecule has 2 N–H and O–H groups in total. The number of benzene rings is 4. The first-order valence-electron chi connectivity index (χ1n) is 20.7. The van der Waals surface area contributed by atoms with Crippen LogP contribution in [0.15, 0.2) is 85.2 Å². The molecule has 12 heteroatoms. The van der Waals surface area contributed by atoms with Crippen LogP contribution in [0.25, 0.3) is 21.8 Å². The van der Waals surface area contributed by atoms with Crippen LogP contribution in [-0.2, 0) is 36.4 Å². The highest BCUT2D eigenvalue weighted by molar-refractivity contribution is 5.91. The summed E-state index contributed by atoms with van der Waals surface area (Å²) in [6.45, 7) is 0. The zero-order valence-corrected chi connectivity index (χ0v) is 26.7. The number of nitrogens with two attached hydrogens (primary N) is 1. The second-order valence-electron chi connectivity index (χ2n) is 11.2. The lowest BCUT2D eigenvalue weighted by Crippen LogP contribution is -2.03. The number of methoxy groups -OCH3 is 4. The number of aromatic nitrogens is 2. The number of nitrogen functional groups attached to an aromatic ring is 1. The minimum atomic E-state index is -2.96. The molecule has 0 unspecified atom stereocenters. The number of aryl methyl sites for hydroxylation is 2. The standard InChI is InChI=1S/C19H18N2O5.C19H20N2O3/c1-20-11-14(16-10-15(21(23)24)6-7-17(16)20)8-12-4-5-13(19(22)26-3)9-18(12)25-2;1-21-11-14(16-10-15(20)6-7-17(16)21)8-12-4-5-13(19(22)24-3)9-18(12)23-2/h4-7,9-11H,8H2,1-3H3;4-7,9-11H,8,20H2,1-3H3/i2*2D3,3D3. The fourth-order valence-corrected chi connectivity index (χ4v) is 5.72. The number of nitrogens with zero attached hydrogens (tertiary/aromatic N) is 3. The Hall–Kier alpha value is -6.30. The second-order valence-corrected chi connectivity index (χ2v) is 11.2. The van der Waals surface area contributed by atoms with Crippen molar-refractivity contribution in [2.75, 3.05) is 33.9 Å². The van der Waals surface area contributed by atoms with E-state index in [-0.39, 0.29) is 34.7 Å². The monoisotopic (exact) mass is 690 g/mol. The molecule has 0 bridgehead atoms. The molecule has 50 heavy (non-hydrogen) atoms. The highest BCUT2D eigenvalue weighted by Crippen LogP contribution is 2.31. The topological polar surface area (TPSA) is 150 Å². The van der Waals surface area contributed by atoms with Gasteiger partial charge in [-0.25, -0.2) is 9.59 Å². The first kappa shape index (κ1) is 22.4. The summed E-state index contributed by atoms with van der Waals surface area (Å²) in [7, 11) is -7.81. The van der Waals surface area contributed by atoms with Crippen LogP contribution >= 0.6 is 0 Å². The van der Waals surface area contributed by atoms with Gasteiger partial charge in [0.05, 0.1) is 60.7 Å². The molecule has 12 nitrogen and oxygen atoms in total. The van der Waals surface area contributed by atoms with Crippen molar-refractivity contribution in [3.05, 3.63) is 129 Å². The number of nitro groups is 1. The molecular formula is C38H38N4O8. The van der Waals surface area contributed by atoms with Gasteiger partial charge in [0.2, 0.25) is 0 Å². The zero-order chi connectivity index (χ0) is 46.1. The number of rotatable bonds is 9. The molecule has 0 saturated carbocycles. The van der Waals surface area contributed by atoms with E-state index in [9.17, 15) is 19.7 Å². The minimum absolute atomic E-state index is 0.0594. The lowest BCUT2D eigenvalue weighted by atomic mass is 10.0. The summed E-state index contributed by atoms with van der Waals surface area (Å²) >= 11 is 0. The smallest absolute Gasteiger partial charge is 0.337 e. The normalized spacial score (nSPS) is 15.3. The first-order valence-corrected chi connectivity index (χ1v) is 14.7. The molecule has 0 fully saturated rings. The van der Waals surface area contributed by atoms with E-state index in [1.54, 1.807) is 29.9 Å². The number of hydrogen-bond acceptors (Lipinski definition) is 9. The molecule has 0 aliphatic heterocycles. The van der Waals surface area contributed by atoms with Crippen LogP contribution in [0.5, 0.6) is 11.5 Å². The fourth-order valence-electron chi connectivity index (χ4n) is 5.72. The SMILES string of the molecule is [2H]C([2H])([2H])OC(=O)c1ccc(Cc2cn(C)c3ccc(N)cc23)c(OC([2H])([2H])[2H])c1.[2H]C([2H])([2H])OC(=O)c1ccc(Cc2cn(C)c3ccc([N+](=O)[O-])cc23)c(OC([2H])([2H])[2H])c1. The Morgan fingerprint density at radius 1 is 0.700 bits per heavy atom. The third-order valence-electron chi connectivity index (χ3n) is 8.14. The first-order chi connectivity index (χ1) is 28.6. The molecular weight excluding hydrogens is 640 g/mol. The molecule has 2 heterocycles. The molecule has 4 aromatic carbocycles. The molecule has 6 rings (SSSR count). The Balaban J connectivity index is 0.000000235. The van der Waals surface area contributed by atoms with E-state index < -0.39 is 45.0 Å². The van der Waals surface area contributed by atoms with Crippen molar-refractivity contribution in [3.63, 3.8) is 0 Å². The molecule has 0 amide bonds. The average molecular weight is 691 g/mol. The summed E-state index contributed by atoms with van der Waals surface area (Å²) in [5.41, 5.74) is 10.2. The Kier molecular flexibility index (Phi) is 6.64. The highest BCUT2D eigenvalue weighted by atomic mass is 16.6. The number of anilines is 1. The molecule has 0 radical (unpaired) electrons. The second kappa shape index (κ2) is 14.9. The van der Waals surface area contributed by atoms with Crippen LogP contribution in [0, 0.1) is 10.1 Å². The van der Waals surface area contributed by atoms with Crippen molar-refractivity contribution in [1.82, 2.24) is 9.13 Å². The van der Waals surface area contributed by atoms with Crippen molar-refractivity contribution in [3.8, 4) is 11.5 Å². The quantitative estimate of drug-likeness (QED) is 0.0764. The van der Waals surface area contributed by atoms with E-state index in [0.29, 0.717) is 34.2 Å². The van der Waals surface area contributed by atoms with Crippen LogP contribution in [0.3, 0.4) is 0 Å². The summed E-state index contributed by atoms with van der Waals surface area (Å²) < 4.78 is 109. The summed E-state index contributed by atoms with van der Waals surface area (Å²) in [5.74, 6) is -2.48. The average Bonchev–Trinajstić information content (AvgIpc) is 3.60. The van der Waals surface area contributed by atoms with E-state index in [4.69, 9.17) is 31.7 Å². The number of carbonyl (C=O) groups excluding carboxylic acids is 2. The Morgan fingerprint density at radius 3 is 1.68 bits per heavy atom. The van der Waals surface area contributed by atoms with Crippen LogP contribution in [0.2, 0.25) is 0 Å². The summed E-state index contributed by atoms with van der Waals surface area (Å²) in [5, 5.41) is 12.7. The number of non-ortho nitro benzene ring substituents is 1. The number of carbonyl (C=O) groups is 2. The molecule has 2 aromatic heterocycles. The van der Waals surface area contributed by atoms with Gasteiger partial charge in [0.1, 0.15) is 11.5 Å². The van der Waals surface area contributed by atoms with Gasteiger partial charge in [-0.15, -0.1) is 0 Å². The third-order valence-corrected chi connectivity index (χ3v) is 8.14. The molecule has 258 valence electrons. The minimum Gasteiger partial charge on any atom is -0.496 e. The van der Waals surface area contributed by atoms with E-state index in [0.717, 1.165) is 28.0 Å². The van der Waals surface area contributed by atoms with Crippen LogP contribution in [-0.4, -0.2) is 54.1 Å². The van der Waals surface area contributed by atoms with Gasteiger partial charge in [-0.2, -0.15) is 0 Å². The van der Waals surface area contributed by atoms with Gasteiger partial charge in [-0.1, -0.05) is 12.1 Å². The van der Waals surface area contributed by atoms with Crippen molar-refractivity contribution >= 4 is 45.1 Å². The Labute approximate surface area is 305 Å². The van der Waals surface area contributed by atoms with Crippen molar-refractivity contribution in [2.45, 2.75) is 12.8 Å². The van der Waals surface area contributed by atoms with Crippen LogP contribution in [0.4, 0.5) is 11.4 Å². The number of fused-ring (bicyclic) bond motifs is 2. The molecule has 0 saturated heterocycles. The van der Waals surface area contributed by atoms with Crippen molar-refractivity contribution < 1.29 is 49.9 Å². The predicted molar refractivity (Wildman–Crippen MR) is 191 cm³/mol. The van der Waals surface area contributed by atoms with Gasteiger partial charge >= 0.3 is 11.9 Å². The van der Waals surface area contributed by atoms with Gasteiger partial charge in [0, 0.05) is 79.0 Å². The molecule has 0 aliphatic carbocycles.